The third-order valence-electron chi connectivity index (χ3n) is 2.58. The molecule has 1 aromatic heterocycles. The summed E-state index contributed by atoms with van der Waals surface area (Å²) in [5.41, 5.74) is 0. The maximum Gasteiger partial charge on any atom is 0.105 e. The molecule has 15 heavy (non-hydrogen) atoms. The molecule has 1 atom stereocenters. The minimum absolute atomic E-state index is 0.182. The Bertz CT molecular complexity index is 281. The molecule has 1 unspecified atom stereocenters. The number of rotatable bonds is 6. The van der Waals surface area contributed by atoms with Crippen molar-refractivity contribution in [2.24, 2.45) is 5.92 Å². The predicted octanol–water partition coefficient (Wildman–Crippen LogP) is 1.74. The van der Waals surface area contributed by atoms with Gasteiger partial charge in [-0.05, 0) is 25.0 Å². The normalized spacial score (nSPS) is 13.4. The van der Waals surface area contributed by atoms with E-state index in [4.69, 9.17) is 9.52 Å². The van der Waals surface area contributed by atoms with E-state index in [2.05, 4.69) is 19.2 Å². The fourth-order valence-electron chi connectivity index (χ4n) is 1.51. The molecule has 0 fully saturated rings. The molecule has 0 amide bonds. The Balaban J connectivity index is 2.26. The molecule has 0 aliphatic heterocycles. The van der Waals surface area contributed by atoms with Gasteiger partial charge in [0.05, 0.1) is 6.61 Å². The van der Waals surface area contributed by atoms with E-state index in [1.807, 2.05) is 19.1 Å². The zero-order chi connectivity index (χ0) is 11.3. The Morgan fingerprint density at radius 3 is 2.60 bits per heavy atom. The van der Waals surface area contributed by atoms with Crippen LogP contribution in [0.25, 0.3) is 0 Å². The molecule has 1 aromatic rings. The lowest BCUT2D eigenvalue weighted by Gasteiger charge is -2.19. The van der Waals surface area contributed by atoms with E-state index in [-0.39, 0.29) is 12.6 Å². The quantitative estimate of drug-likeness (QED) is 0.753. The maximum absolute atomic E-state index is 9.11. The summed E-state index contributed by atoms with van der Waals surface area (Å²) in [7, 11) is 0. The van der Waals surface area contributed by atoms with E-state index in [1.54, 1.807) is 0 Å². The van der Waals surface area contributed by atoms with Gasteiger partial charge in [0.25, 0.3) is 0 Å². The number of hydrogen-bond donors (Lipinski definition) is 2. The van der Waals surface area contributed by atoms with Crippen LogP contribution in [0.1, 0.15) is 25.4 Å². The molecule has 3 heteroatoms. The molecule has 1 rings (SSSR count). The largest absolute Gasteiger partial charge is 0.466 e. The minimum atomic E-state index is 0.182. The van der Waals surface area contributed by atoms with Crippen molar-refractivity contribution < 1.29 is 9.52 Å². The SMILES string of the molecule is Cc1ccc(CCNC(CO)C(C)C)o1. The highest BCUT2D eigenvalue weighted by molar-refractivity contribution is 5.05. The Kier molecular flexibility index (Phi) is 4.85. The van der Waals surface area contributed by atoms with Crippen molar-refractivity contribution in [2.45, 2.75) is 33.2 Å². The molecule has 1 heterocycles. The highest BCUT2D eigenvalue weighted by atomic mass is 16.3. The van der Waals surface area contributed by atoms with E-state index < -0.39 is 0 Å². The van der Waals surface area contributed by atoms with Crippen LogP contribution in [0.5, 0.6) is 0 Å². The lowest BCUT2D eigenvalue weighted by Crippen LogP contribution is -2.38. The second kappa shape index (κ2) is 5.93. The van der Waals surface area contributed by atoms with Crippen molar-refractivity contribution in [3.63, 3.8) is 0 Å². The van der Waals surface area contributed by atoms with E-state index >= 15 is 0 Å². The van der Waals surface area contributed by atoms with Gasteiger partial charge in [-0.2, -0.15) is 0 Å². The molecule has 2 N–H and O–H groups in total. The van der Waals surface area contributed by atoms with Crippen molar-refractivity contribution >= 4 is 0 Å². The maximum atomic E-state index is 9.11. The molecule has 0 aliphatic carbocycles. The van der Waals surface area contributed by atoms with Crippen molar-refractivity contribution in [3.8, 4) is 0 Å². The van der Waals surface area contributed by atoms with Gasteiger partial charge >= 0.3 is 0 Å². The average Bonchev–Trinajstić information content (AvgIpc) is 2.58. The smallest absolute Gasteiger partial charge is 0.105 e. The second-order valence-electron chi connectivity index (χ2n) is 4.25. The van der Waals surface area contributed by atoms with E-state index in [0.717, 1.165) is 24.5 Å². The lowest BCUT2D eigenvalue weighted by molar-refractivity contribution is 0.211. The van der Waals surface area contributed by atoms with Gasteiger partial charge in [-0.3, -0.25) is 0 Å². The topological polar surface area (TPSA) is 45.4 Å². The van der Waals surface area contributed by atoms with Crippen LogP contribution in [0.3, 0.4) is 0 Å². The van der Waals surface area contributed by atoms with Crippen molar-refractivity contribution in [2.75, 3.05) is 13.2 Å². The van der Waals surface area contributed by atoms with Crippen LogP contribution < -0.4 is 5.32 Å². The van der Waals surface area contributed by atoms with Crippen molar-refractivity contribution in [3.05, 3.63) is 23.7 Å². The molecule has 0 saturated heterocycles. The minimum Gasteiger partial charge on any atom is -0.466 e. The Labute approximate surface area is 91.5 Å². The van der Waals surface area contributed by atoms with Crippen molar-refractivity contribution in [1.82, 2.24) is 5.32 Å². The third kappa shape index (κ3) is 4.06. The summed E-state index contributed by atoms with van der Waals surface area (Å²) < 4.78 is 5.46. The van der Waals surface area contributed by atoms with E-state index in [9.17, 15) is 0 Å². The van der Waals surface area contributed by atoms with Crippen LogP contribution in [0, 0.1) is 12.8 Å². The van der Waals surface area contributed by atoms with Crippen molar-refractivity contribution in [1.29, 1.82) is 0 Å². The Morgan fingerprint density at radius 2 is 2.13 bits per heavy atom. The Hall–Kier alpha value is -0.800. The van der Waals surface area contributed by atoms with Crippen LogP contribution in [0.2, 0.25) is 0 Å². The summed E-state index contributed by atoms with van der Waals surface area (Å²) in [4.78, 5) is 0. The molecule has 86 valence electrons. The van der Waals surface area contributed by atoms with Crippen LogP contribution in [0.15, 0.2) is 16.5 Å². The first-order valence-corrected chi connectivity index (χ1v) is 5.53. The van der Waals surface area contributed by atoms with Gasteiger partial charge in [-0.1, -0.05) is 13.8 Å². The zero-order valence-corrected chi connectivity index (χ0v) is 9.79. The first-order chi connectivity index (χ1) is 7.13. The van der Waals surface area contributed by atoms with Crippen LogP contribution in [-0.2, 0) is 6.42 Å². The van der Waals surface area contributed by atoms with E-state index in [1.165, 1.54) is 0 Å². The number of aryl methyl sites for hydroxylation is 1. The highest BCUT2D eigenvalue weighted by Gasteiger charge is 2.10. The molecule has 0 aromatic carbocycles. The monoisotopic (exact) mass is 211 g/mol. The molecule has 3 nitrogen and oxygen atoms in total. The Morgan fingerprint density at radius 1 is 1.40 bits per heavy atom. The number of aliphatic hydroxyl groups is 1. The summed E-state index contributed by atoms with van der Waals surface area (Å²) in [6.07, 6.45) is 0.872. The van der Waals surface area contributed by atoms with E-state index in [0.29, 0.717) is 5.92 Å². The van der Waals surface area contributed by atoms with Gasteiger partial charge in [-0.15, -0.1) is 0 Å². The summed E-state index contributed by atoms with van der Waals surface area (Å²) in [6, 6.07) is 4.16. The lowest BCUT2D eigenvalue weighted by atomic mass is 10.1. The number of hydrogen-bond acceptors (Lipinski definition) is 3. The predicted molar refractivity (Wildman–Crippen MR) is 60.9 cm³/mol. The van der Waals surface area contributed by atoms with Crippen LogP contribution in [0.4, 0.5) is 0 Å². The second-order valence-corrected chi connectivity index (χ2v) is 4.25. The first kappa shape index (κ1) is 12.3. The standard InChI is InChI=1S/C12H21NO2/c1-9(2)12(8-14)13-7-6-11-5-4-10(3)15-11/h4-5,9,12-14H,6-8H2,1-3H3. The summed E-state index contributed by atoms with van der Waals surface area (Å²) in [5.74, 6) is 2.40. The molecule has 0 bridgehead atoms. The number of aliphatic hydroxyl groups excluding tert-OH is 1. The summed E-state index contributed by atoms with van der Waals surface area (Å²) in [5, 5.41) is 12.4. The number of nitrogens with one attached hydrogen (secondary N) is 1. The van der Waals surface area contributed by atoms with Gasteiger partial charge in [-0.25, -0.2) is 0 Å². The van der Waals surface area contributed by atoms with Crippen LogP contribution >= 0.6 is 0 Å². The van der Waals surface area contributed by atoms with Gasteiger partial charge in [0.2, 0.25) is 0 Å². The van der Waals surface area contributed by atoms with Crippen LogP contribution in [-0.4, -0.2) is 24.3 Å². The molecule has 0 radical (unpaired) electrons. The molecule has 0 spiro atoms. The molecule has 0 aliphatic rings. The molecular formula is C12H21NO2. The summed E-state index contributed by atoms with van der Waals surface area (Å²) >= 11 is 0. The third-order valence-corrected chi connectivity index (χ3v) is 2.58. The molecular weight excluding hydrogens is 190 g/mol. The van der Waals surface area contributed by atoms with Gasteiger partial charge in [0.1, 0.15) is 11.5 Å². The summed E-state index contributed by atoms with van der Waals surface area (Å²) in [6.45, 7) is 7.18. The highest BCUT2D eigenvalue weighted by Crippen LogP contribution is 2.07. The van der Waals surface area contributed by atoms with Gasteiger partial charge in [0.15, 0.2) is 0 Å². The fraction of sp³-hybridized carbons (Fsp3) is 0.667. The first-order valence-electron chi connectivity index (χ1n) is 5.53. The average molecular weight is 211 g/mol. The number of furan rings is 1. The zero-order valence-electron chi connectivity index (χ0n) is 9.79. The van der Waals surface area contributed by atoms with Gasteiger partial charge in [0, 0.05) is 19.0 Å². The fourth-order valence-corrected chi connectivity index (χ4v) is 1.51. The van der Waals surface area contributed by atoms with Gasteiger partial charge < -0.3 is 14.8 Å². The molecule has 0 saturated carbocycles.